The molecule has 2 aromatic carbocycles. The minimum Gasteiger partial charge on any atom is -0.463 e. The third-order valence-corrected chi connectivity index (χ3v) is 4.51. The van der Waals surface area contributed by atoms with Gasteiger partial charge in [0.2, 0.25) is 5.43 Å². The minimum atomic E-state index is -1.59. The fraction of sp³-hybridized carbons (Fsp3) is 0. The van der Waals surface area contributed by atoms with Gasteiger partial charge in [0, 0.05) is 9.92 Å². The van der Waals surface area contributed by atoms with Gasteiger partial charge in [-0.2, -0.15) is 0 Å². The maximum Gasteiger partial charge on any atom is 0.209 e. The molecule has 1 unspecified atom stereocenters. The van der Waals surface area contributed by atoms with Crippen LogP contribution in [0.3, 0.4) is 0 Å². The van der Waals surface area contributed by atoms with Gasteiger partial charge < -0.3 is 4.42 Å². The van der Waals surface area contributed by atoms with Crippen LogP contribution in [-0.4, -0.2) is 4.21 Å². The van der Waals surface area contributed by atoms with Crippen molar-refractivity contribution in [2.45, 2.75) is 9.79 Å². The minimum absolute atomic E-state index is 0.131. The summed E-state index contributed by atoms with van der Waals surface area (Å²) in [7, 11) is -1.59. The molecule has 3 rings (SSSR count). The Morgan fingerprint density at radius 3 is 2.45 bits per heavy atom. The average Bonchev–Trinajstić information content (AvgIpc) is 2.48. The Hall–Kier alpha value is -1.91. The first-order valence-corrected chi connectivity index (χ1v) is 7.37. The molecule has 100 valence electrons. The second kappa shape index (κ2) is 5.23. The SMILES string of the molecule is O=c1c(S(=O)c2ccc(Cl)cc2)coc2ccccc12. The first-order valence-electron chi connectivity index (χ1n) is 5.85. The van der Waals surface area contributed by atoms with Crippen molar-refractivity contribution in [3.63, 3.8) is 0 Å². The molecular weight excluding hydrogens is 296 g/mol. The van der Waals surface area contributed by atoms with Crippen molar-refractivity contribution < 1.29 is 8.63 Å². The van der Waals surface area contributed by atoms with E-state index in [-0.39, 0.29) is 10.3 Å². The van der Waals surface area contributed by atoms with E-state index in [4.69, 9.17) is 16.0 Å². The van der Waals surface area contributed by atoms with Gasteiger partial charge in [0.15, 0.2) is 0 Å². The highest BCUT2D eigenvalue weighted by Gasteiger charge is 2.14. The van der Waals surface area contributed by atoms with Crippen LogP contribution in [0.2, 0.25) is 5.02 Å². The zero-order chi connectivity index (χ0) is 14.1. The van der Waals surface area contributed by atoms with Crippen molar-refractivity contribution in [3.8, 4) is 0 Å². The summed E-state index contributed by atoms with van der Waals surface area (Å²) < 4.78 is 17.8. The van der Waals surface area contributed by atoms with E-state index in [1.165, 1.54) is 6.26 Å². The van der Waals surface area contributed by atoms with E-state index in [9.17, 15) is 9.00 Å². The fourth-order valence-corrected chi connectivity index (χ4v) is 3.05. The van der Waals surface area contributed by atoms with E-state index in [0.29, 0.717) is 20.9 Å². The van der Waals surface area contributed by atoms with Gasteiger partial charge in [-0.3, -0.25) is 4.79 Å². The topological polar surface area (TPSA) is 47.3 Å². The van der Waals surface area contributed by atoms with Crippen LogP contribution in [0.25, 0.3) is 11.0 Å². The van der Waals surface area contributed by atoms with Crippen molar-refractivity contribution in [3.05, 3.63) is 70.0 Å². The van der Waals surface area contributed by atoms with Gasteiger partial charge in [0.05, 0.1) is 16.2 Å². The van der Waals surface area contributed by atoms with Gasteiger partial charge >= 0.3 is 0 Å². The molecule has 0 N–H and O–H groups in total. The second-order valence-corrected chi connectivity index (χ2v) is 6.03. The standard InChI is InChI=1S/C15H9ClO3S/c16-10-5-7-11(8-6-10)20(18)14-9-19-13-4-2-1-3-12(13)15(14)17/h1-9H. The van der Waals surface area contributed by atoms with Gasteiger partial charge in [0.25, 0.3) is 0 Å². The molecule has 20 heavy (non-hydrogen) atoms. The molecule has 0 fully saturated rings. The van der Waals surface area contributed by atoms with Crippen molar-refractivity contribution in [1.29, 1.82) is 0 Å². The molecule has 0 radical (unpaired) electrons. The van der Waals surface area contributed by atoms with Crippen LogP contribution in [0.4, 0.5) is 0 Å². The lowest BCUT2D eigenvalue weighted by Gasteiger charge is -2.03. The molecule has 0 bridgehead atoms. The predicted molar refractivity (Wildman–Crippen MR) is 78.6 cm³/mol. The number of rotatable bonds is 2. The number of para-hydroxylation sites is 1. The molecule has 1 atom stereocenters. The van der Waals surface area contributed by atoms with E-state index in [1.54, 1.807) is 48.5 Å². The van der Waals surface area contributed by atoms with E-state index in [1.807, 2.05) is 0 Å². The third kappa shape index (κ3) is 2.28. The predicted octanol–water partition coefficient (Wildman–Crippen LogP) is 3.61. The summed E-state index contributed by atoms with van der Waals surface area (Å²) in [5.74, 6) is 0. The van der Waals surface area contributed by atoms with Crippen LogP contribution in [0, 0.1) is 0 Å². The zero-order valence-electron chi connectivity index (χ0n) is 10.2. The highest BCUT2D eigenvalue weighted by molar-refractivity contribution is 7.85. The second-order valence-electron chi connectivity index (χ2n) is 4.15. The number of halogens is 1. The number of benzene rings is 2. The Morgan fingerprint density at radius 1 is 1.00 bits per heavy atom. The molecule has 0 aliphatic heterocycles. The Bertz CT molecular complexity index is 853. The van der Waals surface area contributed by atoms with Crippen molar-refractivity contribution in [2.24, 2.45) is 0 Å². The maximum atomic E-state index is 12.4. The van der Waals surface area contributed by atoms with Crippen molar-refractivity contribution in [1.82, 2.24) is 0 Å². The largest absolute Gasteiger partial charge is 0.463 e. The first-order chi connectivity index (χ1) is 9.66. The smallest absolute Gasteiger partial charge is 0.209 e. The molecule has 0 aliphatic carbocycles. The van der Waals surface area contributed by atoms with Crippen LogP contribution in [-0.2, 0) is 10.8 Å². The summed E-state index contributed by atoms with van der Waals surface area (Å²) in [5.41, 5.74) is 0.203. The van der Waals surface area contributed by atoms with E-state index < -0.39 is 10.8 Å². The highest BCUT2D eigenvalue weighted by Crippen LogP contribution is 2.19. The van der Waals surface area contributed by atoms with E-state index in [2.05, 4.69) is 0 Å². The van der Waals surface area contributed by atoms with Crippen LogP contribution in [0.1, 0.15) is 0 Å². The van der Waals surface area contributed by atoms with Crippen LogP contribution in [0.5, 0.6) is 0 Å². The first kappa shape index (κ1) is 13.1. The molecular formula is C15H9ClO3S. The monoisotopic (exact) mass is 304 g/mol. The lowest BCUT2D eigenvalue weighted by atomic mass is 10.2. The summed E-state index contributed by atoms with van der Waals surface area (Å²) in [6.45, 7) is 0. The van der Waals surface area contributed by atoms with Crippen LogP contribution < -0.4 is 5.43 Å². The van der Waals surface area contributed by atoms with E-state index in [0.717, 1.165) is 0 Å². The molecule has 0 spiro atoms. The molecule has 0 saturated heterocycles. The zero-order valence-corrected chi connectivity index (χ0v) is 11.8. The lowest BCUT2D eigenvalue weighted by molar-refractivity contribution is 0.584. The summed E-state index contributed by atoms with van der Waals surface area (Å²) in [6.07, 6.45) is 1.26. The number of fused-ring (bicyclic) bond motifs is 1. The fourth-order valence-electron chi connectivity index (χ4n) is 1.87. The molecule has 1 aromatic heterocycles. The molecule has 3 aromatic rings. The third-order valence-electron chi connectivity index (χ3n) is 2.88. The van der Waals surface area contributed by atoms with Crippen molar-refractivity contribution in [2.75, 3.05) is 0 Å². The van der Waals surface area contributed by atoms with Gasteiger partial charge in [-0.25, -0.2) is 4.21 Å². The van der Waals surface area contributed by atoms with Gasteiger partial charge in [0.1, 0.15) is 16.7 Å². The average molecular weight is 305 g/mol. The molecule has 0 aliphatic rings. The van der Waals surface area contributed by atoms with Crippen molar-refractivity contribution >= 4 is 33.4 Å². The highest BCUT2D eigenvalue weighted by atomic mass is 35.5. The van der Waals surface area contributed by atoms with Gasteiger partial charge in [-0.1, -0.05) is 23.7 Å². The summed E-state index contributed by atoms with van der Waals surface area (Å²) in [6, 6.07) is 13.4. The van der Waals surface area contributed by atoms with Gasteiger partial charge in [-0.05, 0) is 36.4 Å². The summed E-state index contributed by atoms with van der Waals surface area (Å²) in [4.78, 5) is 13.0. The molecule has 0 saturated carbocycles. The number of hydrogen-bond acceptors (Lipinski definition) is 3. The summed E-state index contributed by atoms with van der Waals surface area (Å²) in [5, 5.41) is 0.976. The molecule has 3 nitrogen and oxygen atoms in total. The lowest BCUT2D eigenvalue weighted by Crippen LogP contribution is -2.10. The quantitative estimate of drug-likeness (QED) is 0.726. The summed E-state index contributed by atoms with van der Waals surface area (Å²) >= 11 is 5.79. The van der Waals surface area contributed by atoms with Crippen LogP contribution in [0.15, 0.2) is 73.8 Å². The maximum absolute atomic E-state index is 12.4. The Balaban J connectivity index is 2.15. The molecule has 0 amide bonds. The Labute approximate surface area is 122 Å². The van der Waals surface area contributed by atoms with Gasteiger partial charge in [-0.15, -0.1) is 0 Å². The molecule has 5 heteroatoms. The molecule has 1 heterocycles. The Morgan fingerprint density at radius 2 is 1.70 bits per heavy atom. The van der Waals surface area contributed by atoms with Crippen LogP contribution >= 0.6 is 11.6 Å². The Kier molecular flexibility index (Phi) is 3.42. The normalized spacial score (nSPS) is 12.4. The number of hydrogen-bond donors (Lipinski definition) is 0. The van der Waals surface area contributed by atoms with E-state index >= 15 is 0 Å².